The van der Waals surface area contributed by atoms with Gasteiger partial charge in [0, 0.05) is 18.0 Å². The Bertz CT molecular complexity index is 417. The average Bonchev–Trinajstić information content (AvgIpc) is 2.54. The lowest BCUT2D eigenvalue weighted by Gasteiger charge is -2.23. The summed E-state index contributed by atoms with van der Waals surface area (Å²) >= 11 is 0. The molecule has 2 rings (SSSR count). The van der Waals surface area contributed by atoms with Crippen LogP contribution >= 0.6 is 0 Å². The molecule has 0 amide bonds. The Kier molecular flexibility index (Phi) is 4.61. The van der Waals surface area contributed by atoms with E-state index in [0.717, 1.165) is 11.6 Å². The zero-order valence-corrected chi connectivity index (χ0v) is 12.3. The number of nitrogen functional groups attached to an aromatic ring is 1. The van der Waals surface area contributed by atoms with Gasteiger partial charge in [0.05, 0.1) is 0 Å². The van der Waals surface area contributed by atoms with Gasteiger partial charge in [0.2, 0.25) is 0 Å². The molecule has 0 saturated heterocycles. The summed E-state index contributed by atoms with van der Waals surface area (Å²) in [4.78, 5) is 8.88. The topological polar surface area (TPSA) is 63.8 Å². The van der Waals surface area contributed by atoms with Crippen LogP contribution in [-0.2, 0) is 0 Å². The summed E-state index contributed by atoms with van der Waals surface area (Å²) in [5.74, 6) is 3.26. The van der Waals surface area contributed by atoms with E-state index in [1.807, 2.05) is 6.07 Å². The van der Waals surface area contributed by atoms with Gasteiger partial charge in [0.1, 0.15) is 17.5 Å². The van der Waals surface area contributed by atoms with Crippen molar-refractivity contribution in [2.45, 2.75) is 64.8 Å². The summed E-state index contributed by atoms with van der Waals surface area (Å²) in [5, 5.41) is 3.58. The maximum atomic E-state index is 5.88. The zero-order valence-electron chi connectivity index (χ0n) is 12.3. The molecular formula is C15H26N4. The number of aromatic nitrogens is 2. The molecule has 1 fully saturated rings. The molecule has 0 aromatic carbocycles. The molecule has 0 spiro atoms. The Hall–Kier alpha value is -1.32. The van der Waals surface area contributed by atoms with Crippen molar-refractivity contribution < 1.29 is 0 Å². The van der Waals surface area contributed by atoms with Crippen LogP contribution in [0.4, 0.5) is 11.6 Å². The van der Waals surface area contributed by atoms with E-state index in [-0.39, 0.29) is 0 Å². The molecule has 0 aliphatic heterocycles. The van der Waals surface area contributed by atoms with E-state index in [4.69, 9.17) is 5.73 Å². The molecule has 106 valence electrons. The van der Waals surface area contributed by atoms with Crippen LogP contribution in [0.15, 0.2) is 6.07 Å². The van der Waals surface area contributed by atoms with E-state index in [2.05, 4.69) is 36.1 Å². The highest BCUT2D eigenvalue weighted by Crippen LogP contribution is 2.26. The molecule has 0 bridgehead atoms. The number of nitrogens with two attached hydrogens (primary N) is 1. The van der Waals surface area contributed by atoms with Gasteiger partial charge in [0.25, 0.3) is 0 Å². The van der Waals surface area contributed by atoms with Crippen LogP contribution in [0.25, 0.3) is 0 Å². The van der Waals surface area contributed by atoms with Crippen LogP contribution in [0.5, 0.6) is 0 Å². The van der Waals surface area contributed by atoms with Crippen molar-refractivity contribution >= 4 is 11.6 Å². The molecule has 2 unspecified atom stereocenters. The first-order chi connectivity index (χ1) is 9.06. The summed E-state index contributed by atoms with van der Waals surface area (Å²) in [6.45, 7) is 6.51. The normalized spacial score (nSPS) is 24.2. The van der Waals surface area contributed by atoms with Crippen molar-refractivity contribution in [3.8, 4) is 0 Å². The van der Waals surface area contributed by atoms with Crippen LogP contribution in [0.3, 0.4) is 0 Å². The Morgan fingerprint density at radius 3 is 2.68 bits per heavy atom. The third kappa shape index (κ3) is 3.82. The summed E-state index contributed by atoms with van der Waals surface area (Å²) in [6, 6.07) is 2.36. The molecule has 1 saturated carbocycles. The Balaban J connectivity index is 2.13. The molecule has 19 heavy (non-hydrogen) atoms. The molecule has 1 aliphatic carbocycles. The van der Waals surface area contributed by atoms with Crippen LogP contribution < -0.4 is 11.1 Å². The first-order valence-corrected chi connectivity index (χ1v) is 7.47. The molecule has 1 aliphatic rings. The predicted molar refractivity (Wildman–Crippen MR) is 80.2 cm³/mol. The predicted octanol–water partition coefficient (Wildman–Crippen LogP) is 3.56. The van der Waals surface area contributed by atoms with Gasteiger partial charge in [0.15, 0.2) is 0 Å². The molecule has 1 aromatic heterocycles. The number of hydrogen-bond acceptors (Lipinski definition) is 4. The van der Waals surface area contributed by atoms with Gasteiger partial charge in [-0.2, -0.15) is 0 Å². The second-order valence-corrected chi connectivity index (χ2v) is 6.06. The summed E-state index contributed by atoms with van der Waals surface area (Å²) in [7, 11) is 0. The van der Waals surface area contributed by atoms with Crippen molar-refractivity contribution in [1.29, 1.82) is 0 Å². The summed E-state index contributed by atoms with van der Waals surface area (Å²) in [6.07, 6.45) is 6.53. The maximum Gasteiger partial charge on any atom is 0.135 e. The number of nitrogens with one attached hydrogen (secondary N) is 1. The van der Waals surface area contributed by atoms with Gasteiger partial charge in [-0.3, -0.25) is 0 Å². The Labute approximate surface area is 116 Å². The van der Waals surface area contributed by atoms with Gasteiger partial charge in [-0.25, -0.2) is 9.97 Å². The van der Waals surface area contributed by atoms with E-state index in [1.54, 1.807) is 0 Å². The number of rotatable bonds is 3. The molecule has 1 heterocycles. The fourth-order valence-electron chi connectivity index (χ4n) is 2.71. The van der Waals surface area contributed by atoms with E-state index >= 15 is 0 Å². The minimum Gasteiger partial charge on any atom is -0.384 e. The van der Waals surface area contributed by atoms with Crippen LogP contribution in [0.1, 0.15) is 64.6 Å². The zero-order chi connectivity index (χ0) is 13.8. The Morgan fingerprint density at radius 2 is 1.95 bits per heavy atom. The minimum atomic E-state index is 0.301. The van der Waals surface area contributed by atoms with E-state index < -0.39 is 0 Å². The van der Waals surface area contributed by atoms with E-state index in [1.165, 1.54) is 32.1 Å². The Morgan fingerprint density at radius 1 is 1.21 bits per heavy atom. The van der Waals surface area contributed by atoms with Crippen molar-refractivity contribution in [2.75, 3.05) is 11.1 Å². The van der Waals surface area contributed by atoms with Gasteiger partial charge >= 0.3 is 0 Å². The largest absolute Gasteiger partial charge is 0.384 e. The maximum absolute atomic E-state index is 5.88. The number of anilines is 2. The van der Waals surface area contributed by atoms with Crippen molar-refractivity contribution in [3.05, 3.63) is 11.9 Å². The third-order valence-electron chi connectivity index (χ3n) is 3.97. The standard InChI is InChI=1S/C15H26N4/c1-10(2)15-18-13(16)9-14(19-15)17-12-8-6-4-5-7-11(12)3/h9-12H,4-8H2,1-3H3,(H3,16,17,18,19). The lowest BCUT2D eigenvalue weighted by atomic mass is 9.97. The summed E-state index contributed by atoms with van der Waals surface area (Å²) < 4.78 is 0. The van der Waals surface area contributed by atoms with Gasteiger partial charge in [-0.05, 0) is 18.8 Å². The highest BCUT2D eigenvalue weighted by atomic mass is 15.1. The number of hydrogen-bond donors (Lipinski definition) is 2. The van der Waals surface area contributed by atoms with Crippen LogP contribution in [0, 0.1) is 5.92 Å². The second kappa shape index (κ2) is 6.22. The molecule has 4 nitrogen and oxygen atoms in total. The second-order valence-electron chi connectivity index (χ2n) is 6.06. The molecule has 0 radical (unpaired) electrons. The minimum absolute atomic E-state index is 0.301. The first-order valence-electron chi connectivity index (χ1n) is 7.47. The monoisotopic (exact) mass is 262 g/mol. The van der Waals surface area contributed by atoms with Gasteiger partial charge in [-0.1, -0.05) is 40.0 Å². The fraction of sp³-hybridized carbons (Fsp3) is 0.733. The quantitative estimate of drug-likeness (QED) is 0.817. The molecule has 3 N–H and O–H groups in total. The lowest BCUT2D eigenvalue weighted by Crippen LogP contribution is -2.27. The first kappa shape index (κ1) is 14.1. The fourth-order valence-corrected chi connectivity index (χ4v) is 2.71. The van der Waals surface area contributed by atoms with Crippen molar-refractivity contribution in [1.82, 2.24) is 9.97 Å². The van der Waals surface area contributed by atoms with Crippen LogP contribution in [-0.4, -0.2) is 16.0 Å². The molecule has 4 heteroatoms. The highest BCUT2D eigenvalue weighted by molar-refractivity contribution is 5.45. The summed E-state index contributed by atoms with van der Waals surface area (Å²) in [5.41, 5.74) is 5.88. The lowest BCUT2D eigenvalue weighted by molar-refractivity contribution is 0.455. The van der Waals surface area contributed by atoms with Gasteiger partial charge in [-0.15, -0.1) is 0 Å². The third-order valence-corrected chi connectivity index (χ3v) is 3.97. The van der Waals surface area contributed by atoms with Crippen LogP contribution in [0.2, 0.25) is 0 Å². The SMILES string of the molecule is CC(C)c1nc(N)cc(NC2CCCCCC2C)n1. The van der Waals surface area contributed by atoms with E-state index in [0.29, 0.717) is 23.7 Å². The average molecular weight is 262 g/mol. The molecule has 2 atom stereocenters. The molecular weight excluding hydrogens is 236 g/mol. The highest BCUT2D eigenvalue weighted by Gasteiger charge is 2.20. The smallest absolute Gasteiger partial charge is 0.135 e. The van der Waals surface area contributed by atoms with Crippen molar-refractivity contribution in [3.63, 3.8) is 0 Å². The van der Waals surface area contributed by atoms with Crippen molar-refractivity contribution in [2.24, 2.45) is 5.92 Å². The van der Waals surface area contributed by atoms with E-state index in [9.17, 15) is 0 Å². The molecule has 1 aromatic rings. The number of nitrogens with zero attached hydrogens (tertiary/aromatic N) is 2. The van der Waals surface area contributed by atoms with Gasteiger partial charge < -0.3 is 11.1 Å².